The Morgan fingerprint density at radius 2 is 1.71 bits per heavy atom. The molecule has 10 heteroatoms. The molecule has 0 aromatic heterocycles. The number of nitrogens with one attached hydrogen (secondary N) is 1. The van der Waals surface area contributed by atoms with Gasteiger partial charge in [0.25, 0.3) is 10.1 Å². The summed E-state index contributed by atoms with van der Waals surface area (Å²) >= 11 is 0. The zero-order valence-electron chi connectivity index (χ0n) is 14.8. The number of halogens is 3. The summed E-state index contributed by atoms with van der Waals surface area (Å²) < 4.78 is 67.8. The Labute approximate surface area is 160 Å². The molecule has 2 aromatic rings. The van der Waals surface area contributed by atoms with Gasteiger partial charge in [0.15, 0.2) is 11.6 Å². The summed E-state index contributed by atoms with van der Waals surface area (Å²) in [7, 11) is -3.99. The van der Waals surface area contributed by atoms with Crippen molar-refractivity contribution in [3.63, 3.8) is 0 Å². The van der Waals surface area contributed by atoms with Crippen molar-refractivity contribution in [2.24, 2.45) is 0 Å². The van der Waals surface area contributed by atoms with Crippen LogP contribution < -0.4 is 5.48 Å². The van der Waals surface area contributed by atoms with Gasteiger partial charge in [-0.2, -0.15) is 8.42 Å². The van der Waals surface area contributed by atoms with E-state index in [1.165, 1.54) is 0 Å². The third-order valence-corrected chi connectivity index (χ3v) is 4.15. The predicted octanol–water partition coefficient (Wildman–Crippen LogP) is 2.63. The largest absolute Gasteiger partial charge is 0.273 e. The first kappa shape index (κ1) is 21.9. The molecule has 152 valence electrons. The second-order valence-corrected chi connectivity index (χ2v) is 7.59. The van der Waals surface area contributed by atoms with Gasteiger partial charge in [0.1, 0.15) is 5.82 Å². The Kier molecular flexibility index (Phi) is 7.55. The third kappa shape index (κ3) is 7.29. The number of carbonyl (C=O) groups excluding carboxylic acids is 1. The van der Waals surface area contributed by atoms with Crippen LogP contribution in [0.15, 0.2) is 42.5 Å². The molecule has 2 aromatic carbocycles. The molecule has 0 radical (unpaired) electrons. The Morgan fingerprint density at radius 3 is 2.36 bits per heavy atom. The van der Waals surface area contributed by atoms with Crippen molar-refractivity contribution in [3.05, 3.63) is 71.0 Å². The van der Waals surface area contributed by atoms with E-state index < -0.39 is 52.4 Å². The van der Waals surface area contributed by atoms with Gasteiger partial charge in [0.05, 0.1) is 25.4 Å². The average molecular weight is 417 g/mol. The fourth-order valence-corrected chi connectivity index (χ4v) is 3.01. The highest BCUT2D eigenvalue weighted by Gasteiger charge is 2.23. The molecule has 0 saturated heterocycles. The zero-order valence-corrected chi connectivity index (χ0v) is 15.6. The van der Waals surface area contributed by atoms with Gasteiger partial charge in [-0.05, 0) is 17.2 Å². The molecule has 0 aliphatic heterocycles. The van der Waals surface area contributed by atoms with Crippen LogP contribution in [0, 0.1) is 17.5 Å². The predicted molar refractivity (Wildman–Crippen MR) is 93.7 cm³/mol. The first-order valence-corrected chi connectivity index (χ1v) is 9.92. The van der Waals surface area contributed by atoms with E-state index in [4.69, 9.17) is 9.02 Å². The standard InChI is InChI=1S/C18H18F3NO5S/c1-28(24,25)27-14(7-13-8-16(20)17(21)10-15(13)19)9-18(23)22-26-11-12-5-3-2-4-6-12/h2-6,8,10,14H,7,9,11H2,1H3,(H,22,23)/t14-/m0/s1. The number of hydrogen-bond donors (Lipinski definition) is 1. The fourth-order valence-electron chi connectivity index (χ4n) is 2.38. The smallest absolute Gasteiger partial charge is 0.264 e. The summed E-state index contributed by atoms with van der Waals surface area (Å²) in [6.45, 7) is 0.0714. The molecule has 2 rings (SSSR count). The van der Waals surface area contributed by atoms with Crippen LogP contribution in [0.4, 0.5) is 13.2 Å². The molecule has 1 atom stereocenters. The Morgan fingerprint density at radius 1 is 1.07 bits per heavy atom. The second-order valence-electron chi connectivity index (χ2n) is 5.99. The molecular weight excluding hydrogens is 399 g/mol. The van der Waals surface area contributed by atoms with Crippen molar-refractivity contribution in [1.29, 1.82) is 0 Å². The first-order chi connectivity index (χ1) is 13.1. The summed E-state index contributed by atoms with van der Waals surface area (Å²) in [5.41, 5.74) is 2.59. The monoisotopic (exact) mass is 417 g/mol. The summed E-state index contributed by atoms with van der Waals surface area (Å²) in [6, 6.07) is 9.85. The van der Waals surface area contributed by atoms with Crippen molar-refractivity contribution >= 4 is 16.0 Å². The first-order valence-electron chi connectivity index (χ1n) is 8.10. The maximum Gasteiger partial charge on any atom is 0.264 e. The minimum Gasteiger partial charge on any atom is -0.273 e. The zero-order chi connectivity index (χ0) is 20.7. The number of hydrogen-bond acceptors (Lipinski definition) is 5. The van der Waals surface area contributed by atoms with Crippen LogP contribution >= 0.6 is 0 Å². The van der Waals surface area contributed by atoms with Gasteiger partial charge < -0.3 is 0 Å². The number of carbonyl (C=O) groups is 1. The highest BCUT2D eigenvalue weighted by atomic mass is 32.2. The van der Waals surface area contributed by atoms with Gasteiger partial charge in [-0.15, -0.1) is 0 Å². The van der Waals surface area contributed by atoms with Crippen molar-refractivity contribution in [1.82, 2.24) is 5.48 Å². The van der Waals surface area contributed by atoms with Gasteiger partial charge in [-0.1, -0.05) is 30.3 Å². The quantitative estimate of drug-likeness (QED) is 0.385. The van der Waals surface area contributed by atoms with E-state index in [9.17, 15) is 26.4 Å². The molecule has 0 fully saturated rings. The molecule has 6 nitrogen and oxygen atoms in total. The van der Waals surface area contributed by atoms with Crippen molar-refractivity contribution in [3.8, 4) is 0 Å². The normalized spacial score (nSPS) is 12.6. The second kappa shape index (κ2) is 9.67. The summed E-state index contributed by atoms with van der Waals surface area (Å²) in [4.78, 5) is 17.0. The van der Waals surface area contributed by atoms with Crippen LogP contribution in [0.5, 0.6) is 0 Å². The van der Waals surface area contributed by atoms with E-state index in [1.807, 2.05) is 6.07 Å². The van der Waals surface area contributed by atoms with E-state index in [0.717, 1.165) is 11.8 Å². The molecule has 0 saturated carbocycles. The summed E-state index contributed by atoms with van der Waals surface area (Å²) in [6.07, 6.45) is -1.57. The van der Waals surface area contributed by atoms with Crippen molar-refractivity contribution in [2.45, 2.75) is 25.6 Å². The van der Waals surface area contributed by atoms with Crippen molar-refractivity contribution < 1.29 is 35.4 Å². The van der Waals surface area contributed by atoms with Gasteiger partial charge >= 0.3 is 0 Å². The van der Waals surface area contributed by atoms with E-state index in [2.05, 4.69) is 5.48 Å². The van der Waals surface area contributed by atoms with Crippen LogP contribution in [0.1, 0.15) is 17.5 Å². The van der Waals surface area contributed by atoms with Crippen LogP contribution in [-0.4, -0.2) is 26.7 Å². The lowest BCUT2D eigenvalue weighted by Crippen LogP contribution is -2.31. The minimum atomic E-state index is -3.99. The molecule has 0 aliphatic rings. The average Bonchev–Trinajstić information content (AvgIpc) is 2.59. The van der Waals surface area contributed by atoms with Crippen LogP contribution in [0.3, 0.4) is 0 Å². The Balaban J connectivity index is 2.00. The van der Waals surface area contributed by atoms with Crippen LogP contribution in [0.2, 0.25) is 0 Å². The minimum absolute atomic E-state index is 0.0714. The fraction of sp³-hybridized carbons (Fsp3) is 0.278. The van der Waals surface area contributed by atoms with Gasteiger partial charge in [0.2, 0.25) is 5.91 Å². The molecule has 1 N–H and O–H groups in total. The lowest BCUT2D eigenvalue weighted by Gasteiger charge is -2.17. The molecule has 0 aliphatic carbocycles. The highest BCUT2D eigenvalue weighted by molar-refractivity contribution is 7.86. The van der Waals surface area contributed by atoms with E-state index in [0.29, 0.717) is 12.1 Å². The number of amides is 1. The summed E-state index contributed by atoms with van der Waals surface area (Å²) in [5, 5.41) is 0. The van der Waals surface area contributed by atoms with E-state index in [1.54, 1.807) is 24.3 Å². The van der Waals surface area contributed by atoms with E-state index >= 15 is 0 Å². The van der Waals surface area contributed by atoms with Crippen LogP contribution in [0.25, 0.3) is 0 Å². The summed E-state index contributed by atoms with van der Waals surface area (Å²) in [5.74, 6) is -4.49. The maximum atomic E-state index is 13.8. The van der Waals surface area contributed by atoms with E-state index in [-0.39, 0.29) is 12.2 Å². The lowest BCUT2D eigenvalue weighted by atomic mass is 10.0. The van der Waals surface area contributed by atoms with Gasteiger partial charge in [-0.3, -0.25) is 13.8 Å². The number of hydroxylamine groups is 1. The Bertz CT molecular complexity index is 922. The maximum absolute atomic E-state index is 13.8. The molecule has 0 heterocycles. The SMILES string of the molecule is CS(=O)(=O)O[C@H](CC(=O)NOCc1ccccc1)Cc1cc(F)c(F)cc1F. The highest BCUT2D eigenvalue weighted by Crippen LogP contribution is 2.18. The van der Waals surface area contributed by atoms with Crippen LogP contribution in [-0.2, 0) is 37.0 Å². The molecule has 28 heavy (non-hydrogen) atoms. The lowest BCUT2D eigenvalue weighted by molar-refractivity contribution is -0.136. The molecule has 0 bridgehead atoms. The van der Waals surface area contributed by atoms with Gasteiger partial charge in [0, 0.05) is 12.5 Å². The van der Waals surface area contributed by atoms with Gasteiger partial charge in [-0.25, -0.2) is 18.7 Å². The van der Waals surface area contributed by atoms with Crippen molar-refractivity contribution in [2.75, 3.05) is 6.26 Å². The topological polar surface area (TPSA) is 81.7 Å². The number of rotatable bonds is 9. The molecule has 1 amide bonds. The molecular formula is C18H18F3NO5S. The Hall–Kier alpha value is -2.43. The molecule has 0 spiro atoms. The number of benzene rings is 2. The molecule has 0 unspecified atom stereocenters. The third-order valence-electron chi connectivity index (χ3n) is 3.53.